The van der Waals surface area contributed by atoms with Crippen LogP contribution in [-0.2, 0) is 11.3 Å². The van der Waals surface area contributed by atoms with Gasteiger partial charge in [-0.05, 0) is 36.4 Å². The number of benzene rings is 2. The van der Waals surface area contributed by atoms with E-state index in [9.17, 15) is 18.4 Å². The number of carbonyl (C=O) groups is 2. The number of carbonyl (C=O) groups excluding carboxylic acids is 2. The highest BCUT2D eigenvalue weighted by molar-refractivity contribution is 7.99. The lowest BCUT2D eigenvalue weighted by Crippen LogP contribution is -2.26. The Balaban J connectivity index is 1.59. The lowest BCUT2D eigenvalue weighted by molar-refractivity contribution is -0.114. The number of furan rings is 1. The summed E-state index contributed by atoms with van der Waals surface area (Å²) in [5.74, 6) is -2.72. The average Bonchev–Trinajstić information content (AvgIpc) is 3.25. The van der Waals surface area contributed by atoms with E-state index in [-0.39, 0.29) is 23.9 Å². The molecule has 6 nitrogen and oxygen atoms in total. The van der Waals surface area contributed by atoms with Crippen molar-refractivity contribution in [3.63, 3.8) is 0 Å². The molecule has 9 heteroatoms. The molecule has 1 heterocycles. The largest absolute Gasteiger partial charge is 0.467 e. The van der Waals surface area contributed by atoms with E-state index in [1.165, 1.54) is 12.3 Å². The highest BCUT2D eigenvalue weighted by Crippen LogP contribution is 2.31. The number of alkyl halides is 2. The minimum Gasteiger partial charge on any atom is -0.467 e. The minimum absolute atomic E-state index is 0.143. The Bertz CT molecular complexity index is 997. The summed E-state index contributed by atoms with van der Waals surface area (Å²) in [6.07, 6.45) is 1.52. The molecule has 0 aliphatic heterocycles. The Labute approximate surface area is 176 Å². The van der Waals surface area contributed by atoms with E-state index in [1.807, 2.05) is 0 Å². The highest BCUT2D eigenvalue weighted by atomic mass is 32.2. The van der Waals surface area contributed by atoms with Crippen LogP contribution in [0.1, 0.15) is 16.1 Å². The Hall–Kier alpha value is -3.33. The fraction of sp³-hybridized carbons (Fsp3) is 0.143. The van der Waals surface area contributed by atoms with Crippen LogP contribution in [0.3, 0.4) is 0 Å². The normalized spacial score (nSPS) is 10.6. The summed E-state index contributed by atoms with van der Waals surface area (Å²) in [5, 5.41) is 8.27. The molecule has 0 spiro atoms. The van der Waals surface area contributed by atoms with Gasteiger partial charge in [-0.1, -0.05) is 36.0 Å². The number of amides is 2. The first-order valence-corrected chi connectivity index (χ1v) is 9.88. The quantitative estimate of drug-likeness (QED) is 0.432. The number of halogens is 2. The summed E-state index contributed by atoms with van der Waals surface area (Å²) in [6, 6.07) is 16.6. The van der Waals surface area contributed by atoms with Crippen LogP contribution in [0.2, 0.25) is 0 Å². The van der Waals surface area contributed by atoms with Gasteiger partial charge in [-0.2, -0.15) is 8.78 Å². The zero-order valence-corrected chi connectivity index (χ0v) is 16.5. The lowest BCUT2D eigenvalue weighted by atomic mass is 10.1. The molecule has 0 saturated heterocycles. The van der Waals surface area contributed by atoms with Crippen LogP contribution in [0.4, 0.5) is 20.2 Å². The number of hydrogen-bond donors (Lipinski definition) is 3. The molecular formula is C21H19F2N3O3S. The van der Waals surface area contributed by atoms with E-state index in [4.69, 9.17) is 4.42 Å². The molecule has 3 N–H and O–H groups in total. The first-order chi connectivity index (χ1) is 14.5. The van der Waals surface area contributed by atoms with Crippen molar-refractivity contribution in [3.05, 3.63) is 78.3 Å². The molecule has 0 aliphatic carbocycles. The lowest BCUT2D eigenvalue weighted by Gasteiger charge is -2.13. The van der Waals surface area contributed by atoms with Gasteiger partial charge in [-0.3, -0.25) is 9.59 Å². The predicted octanol–water partition coefficient (Wildman–Crippen LogP) is 4.57. The van der Waals surface area contributed by atoms with Gasteiger partial charge in [0.1, 0.15) is 5.76 Å². The van der Waals surface area contributed by atoms with E-state index < -0.39 is 11.7 Å². The Kier molecular flexibility index (Phi) is 7.45. The summed E-state index contributed by atoms with van der Waals surface area (Å²) in [7, 11) is 0. The molecule has 0 saturated carbocycles. The van der Waals surface area contributed by atoms with Gasteiger partial charge in [-0.25, -0.2) is 0 Å². The first-order valence-electron chi connectivity index (χ1n) is 9.00. The van der Waals surface area contributed by atoms with Crippen molar-refractivity contribution in [1.82, 2.24) is 5.32 Å². The monoisotopic (exact) mass is 431 g/mol. The Morgan fingerprint density at radius 3 is 2.43 bits per heavy atom. The third-order valence-corrected chi connectivity index (χ3v) is 4.78. The van der Waals surface area contributed by atoms with Crippen molar-refractivity contribution >= 4 is 35.0 Å². The maximum atomic E-state index is 12.7. The first kappa shape index (κ1) is 21.4. The molecule has 0 fully saturated rings. The van der Waals surface area contributed by atoms with Crippen molar-refractivity contribution in [2.75, 3.05) is 17.2 Å². The van der Waals surface area contributed by atoms with Crippen LogP contribution in [-0.4, -0.2) is 24.1 Å². The fourth-order valence-electron chi connectivity index (χ4n) is 2.65. The Morgan fingerprint density at radius 2 is 1.70 bits per heavy atom. The standard InChI is InChI=1S/C21H19F2N3O3S/c22-21(23)30-18-10-4-3-9-17(18)26-19(27)13-24-16-8-2-1-7-15(16)20(28)25-12-14-6-5-11-29-14/h1-11,21,24H,12-13H2,(H,25,28)(H,26,27). The molecule has 0 atom stereocenters. The third kappa shape index (κ3) is 6.08. The van der Waals surface area contributed by atoms with Crippen molar-refractivity contribution in [2.24, 2.45) is 0 Å². The number of thioether (sulfide) groups is 1. The van der Waals surface area contributed by atoms with E-state index in [0.717, 1.165) is 0 Å². The highest BCUT2D eigenvalue weighted by Gasteiger charge is 2.14. The number of rotatable bonds is 9. The van der Waals surface area contributed by atoms with Crippen LogP contribution in [0, 0.1) is 0 Å². The smallest absolute Gasteiger partial charge is 0.288 e. The maximum absolute atomic E-state index is 12.7. The van der Waals surface area contributed by atoms with E-state index in [0.29, 0.717) is 34.5 Å². The zero-order valence-electron chi connectivity index (χ0n) is 15.7. The average molecular weight is 431 g/mol. The third-order valence-electron chi connectivity index (χ3n) is 3.99. The maximum Gasteiger partial charge on any atom is 0.288 e. The van der Waals surface area contributed by atoms with Gasteiger partial charge < -0.3 is 20.4 Å². The van der Waals surface area contributed by atoms with Gasteiger partial charge >= 0.3 is 0 Å². The van der Waals surface area contributed by atoms with E-state index in [1.54, 1.807) is 54.6 Å². The Morgan fingerprint density at radius 1 is 0.967 bits per heavy atom. The second-order valence-corrected chi connectivity index (χ2v) is 7.12. The predicted molar refractivity (Wildman–Crippen MR) is 112 cm³/mol. The van der Waals surface area contributed by atoms with E-state index in [2.05, 4.69) is 16.0 Å². The number of para-hydroxylation sites is 2. The zero-order chi connectivity index (χ0) is 21.3. The summed E-state index contributed by atoms with van der Waals surface area (Å²) in [6.45, 7) is 0.0927. The van der Waals surface area contributed by atoms with Crippen LogP contribution < -0.4 is 16.0 Å². The summed E-state index contributed by atoms with van der Waals surface area (Å²) < 4.78 is 30.5. The van der Waals surface area contributed by atoms with Gasteiger partial charge in [0.2, 0.25) is 5.91 Å². The molecule has 0 bridgehead atoms. The number of nitrogens with one attached hydrogen (secondary N) is 3. The SMILES string of the molecule is O=C(CNc1ccccc1C(=O)NCc1ccco1)Nc1ccccc1SC(F)F. The number of hydrogen-bond acceptors (Lipinski definition) is 5. The minimum atomic E-state index is -2.59. The number of anilines is 2. The molecule has 2 amide bonds. The van der Waals surface area contributed by atoms with Gasteiger partial charge in [0, 0.05) is 10.6 Å². The van der Waals surface area contributed by atoms with Crippen molar-refractivity contribution in [2.45, 2.75) is 17.2 Å². The molecule has 156 valence electrons. The van der Waals surface area contributed by atoms with Crippen LogP contribution in [0.15, 0.2) is 76.2 Å². The van der Waals surface area contributed by atoms with Crippen molar-refractivity contribution < 1.29 is 22.8 Å². The molecular weight excluding hydrogens is 412 g/mol. The van der Waals surface area contributed by atoms with Crippen LogP contribution in [0.25, 0.3) is 0 Å². The topological polar surface area (TPSA) is 83.4 Å². The molecule has 0 radical (unpaired) electrons. The fourth-order valence-corrected chi connectivity index (χ4v) is 3.24. The molecule has 0 aliphatic rings. The molecule has 0 unspecified atom stereocenters. The molecule has 2 aromatic carbocycles. The van der Waals surface area contributed by atoms with Gasteiger partial charge in [-0.15, -0.1) is 0 Å². The van der Waals surface area contributed by atoms with Crippen molar-refractivity contribution in [1.29, 1.82) is 0 Å². The van der Waals surface area contributed by atoms with Crippen LogP contribution >= 0.6 is 11.8 Å². The molecule has 3 aromatic rings. The van der Waals surface area contributed by atoms with Crippen molar-refractivity contribution in [3.8, 4) is 0 Å². The second kappa shape index (κ2) is 10.4. The second-order valence-electron chi connectivity index (χ2n) is 6.08. The molecule has 30 heavy (non-hydrogen) atoms. The summed E-state index contributed by atoms with van der Waals surface area (Å²) in [5.41, 5.74) is 1.14. The van der Waals surface area contributed by atoms with Gasteiger partial charge in [0.05, 0.1) is 30.6 Å². The summed E-state index contributed by atoms with van der Waals surface area (Å²) >= 11 is 0.363. The molecule has 1 aromatic heterocycles. The summed E-state index contributed by atoms with van der Waals surface area (Å²) in [4.78, 5) is 25.1. The van der Waals surface area contributed by atoms with E-state index >= 15 is 0 Å². The van der Waals surface area contributed by atoms with Gasteiger partial charge in [0.25, 0.3) is 11.7 Å². The molecule has 3 rings (SSSR count). The van der Waals surface area contributed by atoms with Gasteiger partial charge in [0.15, 0.2) is 0 Å². The van der Waals surface area contributed by atoms with Crippen LogP contribution in [0.5, 0.6) is 0 Å².